The fourth-order valence-electron chi connectivity index (χ4n) is 2.95. The molecule has 7 nitrogen and oxygen atoms in total. The number of ether oxygens (including phenoxy) is 2. The third kappa shape index (κ3) is 2.12. The Morgan fingerprint density at radius 3 is 2.74 bits per heavy atom. The number of urea groups is 1. The molecular formula is C12H18N2O5. The molecule has 3 rings (SSSR count). The Hall–Kier alpha value is -1.15. The van der Waals surface area contributed by atoms with Crippen LogP contribution in [0.1, 0.15) is 20.3 Å². The second-order valence-electron chi connectivity index (χ2n) is 5.58. The number of rotatable bonds is 1. The number of aliphatic hydroxyl groups excluding tert-OH is 2. The molecule has 0 spiro atoms. The number of nitrogens with zero attached hydrogens (tertiary/aromatic N) is 1. The molecule has 2 amide bonds. The van der Waals surface area contributed by atoms with Crippen LogP contribution in [0, 0.1) is 0 Å². The summed E-state index contributed by atoms with van der Waals surface area (Å²) >= 11 is 0. The van der Waals surface area contributed by atoms with E-state index in [1.54, 1.807) is 13.8 Å². The largest absolute Gasteiger partial charge is 0.390 e. The van der Waals surface area contributed by atoms with Crippen molar-refractivity contribution < 1.29 is 24.5 Å². The average Bonchev–Trinajstić information content (AvgIpc) is 2.75. The van der Waals surface area contributed by atoms with E-state index in [0.29, 0.717) is 6.42 Å². The van der Waals surface area contributed by atoms with Crippen LogP contribution < -0.4 is 5.32 Å². The first-order chi connectivity index (χ1) is 8.87. The predicted octanol–water partition coefficient (Wildman–Crippen LogP) is -0.503. The van der Waals surface area contributed by atoms with Crippen molar-refractivity contribution in [3.05, 3.63) is 12.3 Å². The summed E-state index contributed by atoms with van der Waals surface area (Å²) in [7, 11) is 0. The highest BCUT2D eigenvalue weighted by molar-refractivity contribution is 5.77. The second kappa shape index (κ2) is 4.17. The zero-order valence-electron chi connectivity index (χ0n) is 10.8. The number of hydrogen-bond acceptors (Lipinski definition) is 5. The van der Waals surface area contributed by atoms with Crippen molar-refractivity contribution >= 4 is 6.03 Å². The minimum Gasteiger partial charge on any atom is -0.390 e. The number of aliphatic hydroxyl groups is 2. The fourth-order valence-corrected chi connectivity index (χ4v) is 2.95. The highest BCUT2D eigenvalue weighted by atomic mass is 16.8. The van der Waals surface area contributed by atoms with Crippen LogP contribution in [0.5, 0.6) is 0 Å². The summed E-state index contributed by atoms with van der Waals surface area (Å²) in [6.07, 6.45) is 0.968. The van der Waals surface area contributed by atoms with Gasteiger partial charge in [-0.2, -0.15) is 0 Å². The van der Waals surface area contributed by atoms with Crippen LogP contribution >= 0.6 is 0 Å². The maximum atomic E-state index is 11.9. The minimum atomic E-state index is -0.969. The molecule has 1 aliphatic carbocycles. The molecule has 106 valence electrons. The summed E-state index contributed by atoms with van der Waals surface area (Å²) in [5.41, 5.74) is 0. The van der Waals surface area contributed by atoms with Crippen molar-refractivity contribution in [2.24, 2.45) is 0 Å². The highest BCUT2D eigenvalue weighted by Gasteiger charge is 2.56. The van der Waals surface area contributed by atoms with Crippen LogP contribution in [0.25, 0.3) is 0 Å². The lowest BCUT2D eigenvalue weighted by Crippen LogP contribution is -2.52. The first-order valence-corrected chi connectivity index (χ1v) is 6.36. The smallest absolute Gasteiger partial charge is 0.324 e. The van der Waals surface area contributed by atoms with E-state index in [2.05, 4.69) is 5.32 Å². The predicted molar refractivity (Wildman–Crippen MR) is 63.8 cm³/mol. The Bertz CT molecular complexity index is 424. The van der Waals surface area contributed by atoms with Gasteiger partial charge in [0.25, 0.3) is 0 Å². The molecular weight excluding hydrogens is 252 g/mol. The molecule has 19 heavy (non-hydrogen) atoms. The number of carbonyl (C=O) groups excluding carboxylic acids is 1. The van der Waals surface area contributed by atoms with E-state index < -0.39 is 30.3 Å². The number of nitrogens with one attached hydrogen (secondary N) is 1. The summed E-state index contributed by atoms with van der Waals surface area (Å²) in [6.45, 7) is 3.57. The van der Waals surface area contributed by atoms with Gasteiger partial charge in [0.2, 0.25) is 0 Å². The molecule has 2 heterocycles. The van der Waals surface area contributed by atoms with Gasteiger partial charge in [0.05, 0.1) is 12.1 Å². The topological polar surface area (TPSA) is 91.3 Å². The van der Waals surface area contributed by atoms with E-state index in [9.17, 15) is 15.0 Å². The Labute approximate surface area is 110 Å². The van der Waals surface area contributed by atoms with Crippen LogP contribution in [0.3, 0.4) is 0 Å². The monoisotopic (exact) mass is 270 g/mol. The summed E-state index contributed by atoms with van der Waals surface area (Å²) in [5.74, 6) is -0.759. The molecule has 3 aliphatic rings. The van der Waals surface area contributed by atoms with Crippen molar-refractivity contribution in [3.8, 4) is 0 Å². The number of hydrogen-bond donors (Lipinski definition) is 3. The van der Waals surface area contributed by atoms with Gasteiger partial charge in [0.15, 0.2) is 5.79 Å². The van der Waals surface area contributed by atoms with Gasteiger partial charge in [-0.05, 0) is 26.3 Å². The quantitative estimate of drug-likeness (QED) is 0.597. The molecule has 0 aromatic carbocycles. The van der Waals surface area contributed by atoms with Crippen molar-refractivity contribution in [1.82, 2.24) is 10.2 Å². The van der Waals surface area contributed by atoms with E-state index in [-0.39, 0.29) is 12.1 Å². The third-order valence-corrected chi connectivity index (χ3v) is 3.70. The molecule has 3 N–H and O–H groups in total. The molecule has 1 saturated heterocycles. The Balaban J connectivity index is 1.82. The molecule has 0 aromatic heterocycles. The van der Waals surface area contributed by atoms with E-state index in [1.807, 2.05) is 0 Å². The molecule has 5 atom stereocenters. The number of amides is 2. The summed E-state index contributed by atoms with van der Waals surface area (Å²) in [6, 6.07) is -0.702. The van der Waals surface area contributed by atoms with Gasteiger partial charge in [-0.1, -0.05) is 0 Å². The van der Waals surface area contributed by atoms with E-state index in [0.717, 1.165) is 0 Å². The Morgan fingerprint density at radius 1 is 1.37 bits per heavy atom. The third-order valence-electron chi connectivity index (χ3n) is 3.70. The average molecular weight is 270 g/mol. The van der Waals surface area contributed by atoms with Gasteiger partial charge in [0.1, 0.15) is 18.4 Å². The lowest BCUT2D eigenvalue weighted by Gasteiger charge is -2.33. The number of carbonyl (C=O) groups is 1. The van der Waals surface area contributed by atoms with Crippen LogP contribution in [-0.4, -0.2) is 57.5 Å². The highest BCUT2D eigenvalue weighted by Crippen LogP contribution is 2.40. The van der Waals surface area contributed by atoms with E-state index in [4.69, 9.17) is 9.47 Å². The summed E-state index contributed by atoms with van der Waals surface area (Å²) < 4.78 is 11.4. The SMILES string of the molecule is CC1(C)OC2C(O)CC(N3C=CC(O)NC3=O)C2O1. The molecule has 0 radical (unpaired) electrons. The lowest BCUT2D eigenvalue weighted by atomic mass is 10.1. The van der Waals surface area contributed by atoms with Gasteiger partial charge in [-0.25, -0.2) is 4.79 Å². The summed E-state index contributed by atoms with van der Waals surface area (Å²) in [4.78, 5) is 13.3. The maximum Gasteiger partial charge on any atom is 0.324 e. The van der Waals surface area contributed by atoms with Crippen LogP contribution in [0.4, 0.5) is 4.79 Å². The molecule has 2 aliphatic heterocycles. The van der Waals surface area contributed by atoms with Gasteiger partial charge < -0.3 is 25.0 Å². The normalized spacial score (nSPS) is 44.3. The molecule has 1 saturated carbocycles. The minimum absolute atomic E-state index is 0.300. The Kier molecular flexibility index (Phi) is 2.82. The first kappa shape index (κ1) is 12.9. The molecule has 5 unspecified atom stereocenters. The standard InChI is InChI=1S/C12H18N2O5/c1-12(2)18-9-6(5-7(15)10(9)19-12)14-4-3-8(16)13-11(14)17/h3-4,6-10,15-16H,5H2,1-2H3,(H,13,17). The molecule has 2 fully saturated rings. The van der Waals surface area contributed by atoms with Crippen molar-refractivity contribution in [2.45, 2.75) is 56.6 Å². The van der Waals surface area contributed by atoms with Gasteiger partial charge >= 0.3 is 6.03 Å². The summed E-state index contributed by atoms with van der Waals surface area (Å²) in [5, 5.41) is 21.7. The van der Waals surface area contributed by atoms with E-state index >= 15 is 0 Å². The fraction of sp³-hybridized carbons (Fsp3) is 0.750. The zero-order valence-corrected chi connectivity index (χ0v) is 10.8. The maximum absolute atomic E-state index is 11.9. The second-order valence-corrected chi connectivity index (χ2v) is 5.58. The van der Waals surface area contributed by atoms with Crippen molar-refractivity contribution in [1.29, 1.82) is 0 Å². The van der Waals surface area contributed by atoms with Crippen molar-refractivity contribution in [2.75, 3.05) is 0 Å². The van der Waals surface area contributed by atoms with Crippen LogP contribution in [0.2, 0.25) is 0 Å². The van der Waals surface area contributed by atoms with E-state index in [1.165, 1.54) is 17.2 Å². The van der Waals surface area contributed by atoms with Gasteiger partial charge in [-0.3, -0.25) is 4.90 Å². The molecule has 0 aromatic rings. The first-order valence-electron chi connectivity index (χ1n) is 6.36. The number of fused-ring (bicyclic) bond motifs is 1. The molecule has 7 heteroatoms. The lowest BCUT2D eigenvalue weighted by molar-refractivity contribution is -0.166. The Morgan fingerprint density at radius 2 is 2.05 bits per heavy atom. The molecule has 0 bridgehead atoms. The zero-order chi connectivity index (χ0) is 13.8. The van der Waals surface area contributed by atoms with Gasteiger partial charge in [0, 0.05) is 6.20 Å². The van der Waals surface area contributed by atoms with Crippen LogP contribution in [0.15, 0.2) is 12.3 Å². The van der Waals surface area contributed by atoms with Crippen molar-refractivity contribution in [3.63, 3.8) is 0 Å². The van der Waals surface area contributed by atoms with Crippen LogP contribution in [-0.2, 0) is 9.47 Å². The van der Waals surface area contributed by atoms with Gasteiger partial charge in [-0.15, -0.1) is 0 Å².